The number of amides is 2. The van der Waals surface area contributed by atoms with Gasteiger partial charge in [-0.3, -0.25) is 9.59 Å². The predicted octanol–water partition coefficient (Wildman–Crippen LogP) is 4.80. The zero-order valence-corrected chi connectivity index (χ0v) is 22.3. The number of aliphatic hydroxyl groups is 1. The third-order valence-corrected chi connectivity index (χ3v) is 6.14. The number of benzene rings is 4. The molecule has 0 unspecified atom stereocenters. The van der Waals surface area contributed by atoms with Gasteiger partial charge >= 0.3 is 0 Å². The van der Waals surface area contributed by atoms with Crippen LogP contribution in [0.25, 0.3) is 0 Å². The van der Waals surface area contributed by atoms with Gasteiger partial charge < -0.3 is 19.9 Å². The van der Waals surface area contributed by atoms with Crippen LogP contribution in [0.15, 0.2) is 108 Å². The fourth-order valence-corrected chi connectivity index (χ4v) is 4.07. The Morgan fingerprint density at radius 2 is 1.48 bits per heavy atom. The monoisotopic (exact) mass is 537 g/mol. The quantitative estimate of drug-likeness (QED) is 0.188. The number of para-hydroxylation sites is 1. The lowest BCUT2D eigenvalue weighted by molar-refractivity contribution is -0.136. The lowest BCUT2D eigenvalue weighted by Gasteiger charge is -2.27. The van der Waals surface area contributed by atoms with E-state index >= 15 is 0 Å². The Morgan fingerprint density at radius 3 is 2.10 bits per heavy atom. The molecule has 8 nitrogen and oxygen atoms in total. The van der Waals surface area contributed by atoms with Gasteiger partial charge in [0.2, 0.25) is 0 Å². The van der Waals surface area contributed by atoms with Crippen LogP contribution in [0.2, 0.25) is 0 Å². The number of nitrogens with one attached hydrogen (secondary N) is 2. The maximum Gasteiger partial charge on any atom is 0.281 e. The van der Waals surface area contributed by atoms with Crippen molar-refractivity contribution in [2.75, 3.05) is 18.5 Å². The summed E-state index contributed by atoms with van der Waals surface area (Å²) in [5.74, 6) is -0.183. The van der Waals surface area contributed by atoms with Crippen LogP contribution >= 0.6 is 0 Å². The van der Waals surface area contributed by atoms with Crippen molar-refractivity contribution in [2.24, 2.45) is 5.10 Å². The molecule has 4 rings (SSSR count). The number of hydrogen-bond donors (Lipinski definition) is 3. The van der Waals surface area contributed by atoms with Crippen LogP contribution in [0.4, 0.5) is 5.69 Å². The molecule has 0 saturated heterocycles. The standard InChI is InChI=1S/C32H31N3O5/c1-3-39-29-20-24(18-19-28(29)40-22-30(36)34-27-17-11-10-12-23(27)2)21-33-35-31(37)32(38,25-13-6-4-7-14-25)26-15-8-5-9-16-26/h4-21,38H,3,22H2,1-2H3,(H,34,36)(H,35,37)/b33-21-. The van der Waals surface area contributed by atoms with Crippen molar-refractivity contribution in [3.8, 4) is 11.5 Å². The van der Waals surface area contributed by atoms with Gasteiger partial charge in [0.1, 0.15) is 0 Å². The number of carbonyl (C=O) groups is 2. The fourth-order valence-electron chi connectivity index (χ4n) is 4.07. The maximum atomic E-state index is 13.2. The van der Waals surface area contributed by atoms with Crippen molar-refractivity contribution in [1.29, 1.82) is 0 Å². The first-order chi connectivity index (χ1) is 19.4. The van der Waals surface area contributed by atoms with E-state index in [2.05, 4.69) is 15.8 Å². The second-order valence-electron chi connectivity index (χ2n) is 8.93. The van der Waals surface area contributed by atoms with Gasteiger partial charge in [-0.15, -0.1) is 0 Å². The van der Waals surface area contributed by atoms with E-state index in [-0.39, 0.29) is 12.5 Å². The van der Waals surface area contributed by atoms with Gasteiger partial charge in [0, 0.05) is 5.69 Å². The molecule has 0 radical (unpaired) electrons. The highest BCUT2D eigenvalue weighted by Gasteiger charge is 2.39. The van der Waals surface area contributed by atoms with Crippen LogP contribution in [-0.2, 0) is 15.2 Å². The van der Waals surface area contributed by atoms with Crippen LogP contribution in [0, 0.1) is 6.92 Å². The molecule has 0 aromatic heterocycles. The minimum Gasteiger partial charge on any atom is -0.490 e. The number of aryl methyl sites for hydroxylation is 1. The molecule has 204 valence electrons. The van der Waals surface area contributed by atoms with Gasteiger partial charge in [-0.25, -0.2) is 5.43 Å². The van der Waals surface area contributed by atoms with Crippen LogP contribution in [0.3, 0.4) is 0 Å². The molecule has 0 saturated carbocycles. The Labute approximate surface area is 233 Å². The summed E-state index contributed by atoms with van der Waals surface area (Å²) in [6.45, 7) is 3.93. The minimum absolute atomic E-state index is 0.199. The van der Waals surface area contributed by atoms with Gasteiger partial charge in [-0.05, 0) is 60.4 Å². The van der Waals surface area contributed by atoms with Crippen molar-refractivity contribution in [2.45, 2.75) is 19.4 Å². The van der Waals surface area contributed by atoms with Crippen molar-refractivity contribution >= 4 is 23.7 Å². The van der Waals surface area contributed by atoms with Crippen molar-refractivity contribution in [3.63, 3.8) is 0 Å². The van der Waals surface area contributed by atoms with Gasteiger partial charge in [0.25, 0.3) is 11.8 Å². The summed E-state index contributed by atoms with van der Waals surface area (Å²) >= 11 is 0. The number of hydrazone groups is 1. The van der Waals surface area contributed by atoms with Gasteiger partial charge in [-0.2, -0.15) is 5.10 Å². The first-order valence-electron chi connectivity index (χ1n) is 12.8. The van der Waals surface area contributed by atoms with Crippen LogP contribution < -0.4 is 20.2 Å². The van der Waals surface area contributed by atoms with Gasteiger partial charge in [0.15, 0.2) is 23.7 Å². The number of carbonyl (C=O) groups excluding carboxylic acids is 2. The molecular weight excluding hydrogens is 506 g/mol. The van der Waals surface area contributed by atoms with Crippen molar-refractivity contribution in [1.82, 2.24) is 5.43 Å². The summed E-state index contributed by atoms with van der Waals surface area (Å²) in [6.07, 6.45) is 1.44. The van der Waals surface area contributed by atoms with Gasteiger partial charge in [-0.1, -0.05) is 78.9 Å². The molecule has 4 aromatic rings. The highest BCUT2D eigenvalue weighted by molar-refractivity contribution is 5.93. The molecule has 8 heteroatoms. The average molecular weight is 538 g/mol. The smallest absolute Gasteiger partial charge is 0.281 e. The van der Waals surface area contributed by atoms with Crippen LogP contribution in [0.5, 0.6) is 11.5 Å². The Morgan fingerprint density at radius 1 is 0.850 bits per heavy atom. The third kappa shape index (κ3) is 6.73. The molecule has 0 atom stereocenters. The first kappa shape index (κ1) is 28.1. The average Bonchev–Trinajstić information content (AvgIpc) is 2.98. The highest BCUT2D eigenvalue weighted by Crippen LogP contribution is 2.30. The van der Waals surface area contributed by atoms with E-state index in [4.69, 9.17) is 9.47 Å². The molecular formula is C32H31N3O5. The molecule has 2 amide bonds. The van der Waals surface area contributed by atoms with Crippen molar-refractivity contribution < 1.29 is 24.2 Å². The molecule has 0 bridgehead atoms. The lowest BCUT2D eigenvalue weighted by atomic mass is 9.85. The van der Waals surface area contributed by atoms with Crippen LogP contribution in [-0.4, -0.2) is 36.3 Å². The van der Waals surface area contributed by atoms with Crippen molar-refractivity contribution in [3.05, 3.63) is 125 Å². The third-order valence-electron chi connectivity index (χ3n) is 6.14. The summed E-state index contributed by atoms with van der Waals surface area (Å²) < 4.78 is 11.4. The summed E-state index contributed by atoms with van der Waals surface area (Å²) in [4.78, 5) is 25.6. The number of ether oxygens (including phenoxy) is 2. The fraction of sp³-hybridized carbons (Fsp3) is 0.156. The van der Waals surface area contributed by atoms with E-state index in [0.29, 0.717) is 34.8 Å². The summed E-state index contributed by atoms with van der Waals surface area (Å²) in [6, 6.07) is 29.9. The summed E-state index contributed by atoms with van der Waals surface area (Å²) in [5.41, 5.74) is 3.64. The molecule has 0 spiro atoms. The SMILES string of the molecule is CCOc1cc(/C=N\NC(=O)C(O)(c2ccccc2)c2ccccc2)ccc1OCC(=O)Nc1ccccc1C. The molecule has 4 aromatic carbocycles. The molecule has 3 N–H and O–H groups in total. The molecule has 0 aliphatic rings. The Bertz CT molecular complexity index is 1430. The zero-order valence-electron chi connectivity index (χ0n) is 22.3. The molecule has 0 fully saturated rings. The Kier molecular flexibility index (Phi) is 9.27. The number of nitrogens with zero attached hydrogens (tertiary/aromatic N) is 1. The zero-order chi connectivity index (χ0) is 28.4. The van der Waals surface area contributed by atoms with E-state index < -0.39 is 11.5 Å². The normalized spacial score (nSPS) is 11.2. The minimum atomic E-state index is -1.94. The van der Waals surface area contributed by atoms with Crippen LogP contribution in [0.1, 0.15) is 29.2 Å². The van der Waals surface area contributed by atoms with Gasteiger partial charge in [0.05, 0.1) is 12.8 Å². The second-order valence-corrected chi connectivity index (χ2v) is 8.93. The second kappa shape index (κ2) is 13.2. The number of anilines is 1. The van der Waals surface area contributed by atoms with E-state index in [0.717, 1.165) is 11.3 Å². The van der Waals surface area contributed by atoms with E-state index in [1.54, 1.807) is 66.7 Å². The van der Waals surface area contributed by atoms with E-state index in [9.17, 15) is 14.7 Å². The topological polar surface area (TPSA) is 109 Å². The lowest BCUT2D eigenvalue weighted by Crippen LogP contribution is -2.43. The maximum absolute atomic E-state index is 13.2. The molecule has 0 heterocycles. The Balaban J connectivity index is 1.45. The Hall–Kier alpha value is -4.95. The predicted molar refractivity (Wildman–Crippen MR) is 155 cm³/mol. The number of rotatable bonds is 11. The molecule has 0 aliphatic carbocycles. The largest absolute Gasteiger partial charge is 0.490 e. The molecule has 0 aliphatic heterocycles. The first-order valence-corrected chi connectivity index (χ1v) is 12.8. The van der Waals surface area contributed by atoms with E-state index in [1.807, 2.05) is 50.2 Å². The van der Waals surface area contributed by atoms with E-state index in [1.165, 1.54) is 6.21 Å². The number of hydrogen-bond acceptors (Lipinski definition) is 6. The summed E-state index contributed by atoms with van der Waals surface area (Å²) in [7, 11) is 0. The summed E-state index contributed by atoms with van der Waals surface area (Å²) in [5, 5.41) is 18.4. The highest BCUT2D eigenvalue weighted by atomic mass is 16.5. The molecule has 40 heavy (non-hydrogen) atoms.